The Morgan fingerprint density at radius 2 is 1.80 bits per heavy atom. The van der Waals surface area contributed by atoms with Gasteiger partial charge in [0.2, 0.25) is 5.89 Å². The summed E-state index contributed by atoms with van der Waals surface area (Å²) in [5, 5.41) is 5.95. The molecule has 150 valence electrons. The fraction of sp³-hybridized carbons (Fsp3) is 0.0870. The minimum Gasteiger partial charge on any atom is -0.436 e. The Morgan fingerprint density at radius 1 is 1.03 bits per heavy atom. The van der Waals surface area contributed by atoms with Gasteiger partial charge in [-0.15, -0.1) is 0 Å². The van der Waals surface area contributed by atoms with E-state index in [0.29, 0.717) is 22.6 Å². The lowest BCUT2D eigenvalue weighted by atomic mass is 10.1. The molecule has 0 saturated carbocycles. The van der Waals surface area contributed by atoms with E-state index in [-0.39, 0.29) is 11.0 Å². The molecule has 4 rings (SSSR count). The summed E-state index contributed by atoms with van der Waals surface area (Å²) in [4.78, 5) is 17.0. The first-order chi connectivity index (χ1) is 14.4. The van der Waals surface area contributed by atoms with Crippen molar-refractivity contribution in [2.75, 3.05) is 5.32 Å². The number of nitrogens with one attached hydrogen (secondary N) is 2. The molecule has 0 bridgehead atoms. The summed E-state index contributed by atoms with van der Waals surface area (Å²) in [6, 6.07) is 19.0. The number of hydrogen-bond acceptors (Lipinski definition) is 4. The van der Waals surface area contributed by atoms with Crippen molar-refractivity contribution < 1.29 is 9.21 Å². The van der Waals surface area contributed by atoms with E-state index < -0.39 is 0 Å². The van der Waals surface area contributed by atoms with Crippen molar-refractivity contribution in [2.24, 2.45) is 0 Å². The van der Waals surface area contributed by atoms with Crippen LogP contribution in [0.3, 0.4) is 0 Å². The highest BCUT2D eigenvalue weighted by molar-refractivity contribution is 14.1. The molecule has 1 amide bonds. The zero-order valence-corrected chi connectivity index (χ0v) is 19.3. The number of halogens is 1. The number of amides is 1. The van der Waals surface area contributed by atoms with Gasteiger partial charge in [-0.1, -0.05) is 23.3 Å². The molecule has 0 unspecified atom stereocenters. The highest BCUT2D eigenvalue weighted by Gasteiger charge is 2.12. The number of aromatic nitrogens is 1. The predicted molar refractivity (Wildman–Crippen MR) is 132 cm³/mol. The first-order valence-corrected chi connectivity index (χ1v) is 10.7. The third kappa shape index (κ3) is 4.68. The second-order valence-corrected chi connectivity index (χ2v) is 8.65. The van der Waals surface area contributed by atoms with E-state index in [1.165, 1.54) is 0 Å². The number of benzene rings is 3. The van der Waals surface area contributed by atoms with Gasteiger partial charge in [-0.25, -0.2) is 4.98 Å². The molecule has 0 atom stereocenters. The first-order valence-electron chi connectivity index (χ1n) is 9.24. The molecule has 0 radical (unpaired) electrons. The Labute approximate surface area is 193 Å². The van der Waals surface area contributed by atoms with Gasteiger partial charge in [-0.05, 0) is 97.2 Å². The SMILES string of the molecule is Cc1cc(C)cc(-c2nc3cc(NC(=S)NC(=O)c4cccc(I)c4)ccc3o2)c1. The highest BCUT2D eigenvalue weighted by atomic mass is 127. The van der Waals surface area contributed by atoms with Crippen molar-refractivity contribution in [1.29, 1.82) is 0 Å². The van der Waals surface area contributed by atoms with Crippen LogP contribution in [0.4, 0.5) is 5.69 Å². The van der Waals surface area contributed by atoms with E-state index in [1.807, 2.05) is 56.3 Å². The topological polar surface area (TPSA) is 67.2 Å². The molecule has 5 nitrogen and oxygen atoms in total. The lowest BCUT2D eigenvalue weighted by molar-refractivity contribution is 0.0977. The zero-order chi connectivity index (χ0) is 21.3. The molecule has 3 aromatic carbocycles. The van der Waals surface area contributed by atoms with Gasteiger partial charge in [0.15, 0.2) is 10.7 Å². The molecule has 30 heavy (non-hydrogen) atoms. The minimum atomic E-state index is -0.259. The standard InChI is InChI=1S/C23H18IN3O2S/c1-13-8-14(2)10-16(9-13)22-26-19-12-18(6-7-20(19)29-22)25-23(30)27-21(28)15-4-3-5-17(24)11-15/h3-12H,1-2H3,(H2,25,27,28,30). The van der Waals surface area contributed by atoms with Gasteiger partial charge >= 0.3 is 0 Å². The van der Waals surface area contributed by atoms with Crippen LogP contribution in [0.15, 0.2) is 65.1 Å². The van der Waals surface area contributed by atoms with Crippen LogP contribution in [-0.4, -0.2) is 16.0 Å². The monoisotopic (exact) mass is 527 g/mol. The van der Waals surface area contributed by atoms with Gasteiger partial charge in [0, 0.05) is 20.4 Å². The number of thiocarbonyl (C=S) groups is 1. The van der Waals surface area contributed by atoms with Crippen molar-refractivity contribution in [3.8, 4) is 11.5 Å². The summed E-state index contributed by atoms with van der Waals surface area (Å²) in [5.41, 5.74) is 5.92. The summed E-state index contributed by atoms with van der Waals surface area (Å²) < 4.78 is 6.90. The van der Waals surface area contributed by atoms with Crippen LogP contribution in [0.2, 0.25) is 0 Å². The molecule has 2 N–H and O–H groups in total. The number of aryl methyl sites for hydroxylation is 2. The third-order valence-electron chi connectivity index (χ3n) is 4.43. The molecule has 1 heterocycles. The number of rotatable bonds is 3. The lowest BCUT2D eigenvalue weighted by Crippen LogP contribution is -2.34. The van der Waals surface area contributed by atoms with Crippen molar-refractivity contribution in [2.45, 2.75) is 13.8 Å². The molecule has 0 aliphatic carbocycles. The predicted octanol–water partition coefficient (Wildman–Crippen LogP) is 5.84. The van der Waals surface area contributed by atoms with Crippen LogP contribution in [0.25, 0.3) is 22.6 Å². The van der Waals surface area contributed by atoms with Gasteiger partial charge < -0.3 is 9.73 Å². The normalized spacial score (nSPS) is 10.8. The number of anilines is 1. The van der Waals surface area contributed by atoms with Gasteiger partial charge in [0.1, 0.15) is 5.52 Å². The number of carbonyl (C=O) groups is 1. The molecule has 0 spiro atoms. The maximum absolute atomic E-state index is 12.4. The van der Waals surface area contributed by atoms with E-state index in [4.69, 9.17) is 16.6 Å². The summed E-state index contributed by atoms with van der Waals surface area (Å²) in [5.74, 6) is 0.314. The summed E-state index contributed by atoms with van der Waals surface area (Å²) in [6.07, 6.45) is 0. The molecule has 0 aliphatic heterocycles. The van der Waals surface area contributed by atoms with E-state index in [9.17, 15) is 4.79 Å². The Kier molecular flexibility index (Phi) is 5.83. The summed E-state index contributed by atoms with van der Waals surface area (Å²) in [6.45, 7) is 4.10. The summed E-state index contributed by atoms with van der Waals surface area (Å²) >= 11 is 7.45. The minimum absolute atomic E-state index is 0.219. The van der Waals surface area contributed by atoms with Crippen LogP contribution in [0, 0.1) is 17.4 Å². The van der Waals surface area contributed by atoms with Gasteiger partial charge in [-0.2, -0.15) is 0 Å². The van der Waals surface area contributed by atoms with E-state index in [1.54, 1.807) is 12.1 Å². The van der Waals surface area contributed by atoms with E-state index in [2.05, 4.69) is 44.3 Å². The Bertz CT molecular complexity index is 1260. The maximum Gasteiger partial charge on any atom is 0.257 e. The van der Waals surface area contributed by atoms with Gasteiger partial charge in [0.05, 0.1) is 0 Å². The Morgan fingerprint density at radius 3 is 2.53 bits per heavy atom. The third-order valence-corrected chi connectivity index (χ3v) is 5.30. The van der Waals surface area contributed by atoms with Crippen molar-refractivity contribution in [3.63, 3.8) is 0 Å². The van der Waals surface area contributed by atoms with Crippen LogP contribution < -0.4 is 10.6 Å². The van der Waals surface area contributed by atoms with Crippen molar-refractivity contribution in [1.82, 2.24) is 10.3 Å². The molecule has 4 aromatic rings. The number of oxazole rings is 1. The number of nitrogens with zero attached hydrogens (tertiary/aromatic N) is 1. The largest absolute Gasteiger partial charge is 0.436 e. The summed E-state index contributed by atoms with van der Waals surface area (Å²) in [7, 11) is 0. The molecule has 0 fully saturated rings. The lowest BCUT2D eigenvalue weighted by Gasteiger charge is -2.09. The first kappa shape index (κ1) is 20.5. The smallest absolute Gasteiger partial charge is 0.257 e. The molecular weight excluding hydrogens is 509 g/mol. The van der Waals surface area contributed by atoms with Crippen molar-refractivity contribution >= 4 is 62.6 Å². The second-order valence-electron chi connectivity index (χ2n) is 7.00. The Hall–Kier alpha value is -2.78. The molecule has 7 heteroatoms. The van der Waals surface area contributed by atoms with Crippen LogP contribution >= 0.6 is 34.8 Å². The molecule has 0 aliphatic rings. The molecular formula is C23H18IN3O2S. The zero-order valence-electron chi connectivity index (χ0n) is 16.3. The highest BCUT2D eigenvalue weighted by Crippen LogP contribution is 2.27. The second kappa shape index (κ2) is 8.53. The number of carbonyl (C=O) groups excluding carboxylic acids is 1. The molecule has 0 saturated heterocycles. The quantitative estimate of drug-likeness (QED) is 0.259. The van der Waals surface area contributed by atoms with Crippen molar-refractivity contribution in [3.05, 3.63) is 80.9 Å². The average molecular weight is 527 g/mol. The van der Waals surface area contributed by atoms with Crippen LogP contribution in [-0.2, 0) is 0 Å². The average Bonchev–Trinajstić information content (AvgIpc) is 3.10. The fourth-order valence-corrected chi connectivity index (χ4v) is 3.95. The fourth-order valence-electron chi connectivity index (χ4n) is 3.19. The van der Waals surface area contributed by atoms with Gasteiger partial charge in [-0.3, -0.25) is 10.1 Å². The van der Waals surface area contributed by atoms with E-state index >= 15 is 0 Å². The van der Waals surface area contributed by atoms with Crippen LogP contribution in [0.5, 0.6) is 0 Å². The Balaban J connectivity index is 1.51. The van der Waals surface area contributed by atoms with E-state index in [0.717, 1.165) is 25.9 Å². The maximum atomic E-state index is 12.4. The van der Waals surface area contributed by atoms with Crippen LogP contribution in [0.1, 0.15) is 21.5 Å². The van der Waals surface area contributed by atoms with Gasteiger partial charge in [0.25, 0.3) is 5.91 Å². The number of fused-ring (bicyclic) bond motifs is 1. The molecule has 1 aromatic heterocycles. The number of hydrogen-bond donors (Lipinski definition) is 2.